The van der Waals surface area contributed by atoms with Gasteiger partial charge in [0.05, 0.1) is 0 Å². The first-order chi connectivity index (χ1) is 7.75. The summed E-state index contributed by atoms with van der Waals surface area (Å²) in [7, 11) is 0. The lowest BCUT2D eigenvalue weighted by Crippen LogP contribution is -3.00. The molecule has 0 aliphatic carbocycles. The Balaban J connectivity index is 0.00000144. The van der Waals surface area contributed by atoms with Crippen molar-refractivity contribution in [1.82, 2.24) is 0 Å². The lowest BCUT2D eigenvalue weighted by molar-refractivity contribution is -0.683. The third kappa shape index (κ3) is 4.20. The van der Waals surface area contributed by atoms with Gasteiger partial charge in [0.25, 0.3) is 0 Å². The third-order valence-electron chi connectivity index (χ3n) is 2.27. The molecule has 1 aromatic heterocycles. The van der Waals surface area contributed by atoms with Crippen molar-refractivity contribution in [2.75, 3.05) is 0 Å². The van der Waals surface area contributed by atoms with Gasteiger partial charge in [-0.05, 0) is 0 Å². The van der Waals surface area contributed by atoms with Crippen LogP contribution in [0.25, 0.3) is 0 Å². The minimum absolute atomic E-state index is 0. The first-order valence-corrected chi connectivity index (χ1v) is 5.78. The topological polar surface area (TPSA) is 20.9 Å². The number of benzene rings is 1. The van der Waals surface area contributed by atoms with E-state index in [1.807, 2.05) is 59.4 Å². The van der Waals surface area contributed by atoms with Crippen LogP contribution in [-0.4, -0.2) is 5.78 Å². The molecule has 0 unspecified atom stereocenters. The van der Waals surface area contributed by atoms with Gasteiger partial charge >= 0.3 is 0 Å². The van der Waals surface area contributed by atoms with E-state index in [9.17, 15) is 4.79 Å². The highest BCUT2D eigenvalue weighted by molar-refractivity contribution is 9.10. The fourth-order valence-electron chi connectivity index (χ4n) is 1.43. The van der Waals surface area contributed by atoms with Crippen LogP contribution in [0.1, 0.15) is 10.4 Å². The highest BCUT2D eigenvalue weighted by Crippen LogP contribution is 2.04. The Morgan fingerprint density at radius 2 is 1.65 bits per heavy atom. The first kappa shape index (κ1) is 14.3. The minimum Gasteiger partial charge on any atom is -1.00 e. The zero-order valence-corrected chi connectivity index (χ0v) is 12.8. The number of pyridine rings is 1. The van der Waals surface area contributed by atoms with Gasteiger partial charge in [0.2, 0.25) is 12.3 Å². The van der Waals surface area contributed by atoms with Gasteiger partial charge in [-0.1, -0.05) is 46.3 Å². The van der Waals surface area contributed by atoms with Gasteiger partial charge in [0.15, 0.2) is 12.4 Å². The quantitative estimate of drug-likeness (QED) is 0.389. The second-order valence-corrected chi connectivity index (χ2v) is 4.39. The second kappa shape index (κ2) is 6.86. The van der Waals surface area contributed by atoms with Crippen LogP contribution in [0.4, 0.5) is 0 Å². The molecule has 17 heavy (non-hydrogen) atoms. The monoisotopic (exact) mass is 403 g/mol. The molecule has 0 aliphatic heterocycles. The van der Waals surface area contributed by atoms with Crippen LogP contribution in [0.15, 0.2) is 59.3 Å². The van der Waals surface area contributed by atoms with E-state index in [2.05, 4.69) is 15.9 Å². The van der Waals surface area contributed by atoms with Crippen LogP contribution >= 0.6 is 15.9 Å². The van der Waals surface area contributed by atoms with Crippen molar-refractivity contribution in [3.8, 4) is 0 Å². The lowest BCUT2D eigenvalue weighted by atomic mass is 10.1. The van der Waals surface area contributed by atoms with Crippen LogP contribution in [0.2, 0.25) is 0 Å². The molecule has 88 valence electrons. The van der Waals surface area contributed by atoms with E-state index in [4.69, 9.17) is 0 Å². The van der Waals surface area contributed by atoms with Crippen LogP contribution in [0.3, 0.4) is 0 Å². The van der Waals surface area contributed by atoms with E-state index in [1.165, 1.54) is 0 Å². The summed E-state index contributed by atoms with van der Waals surface area (Å²) in [4.78, 5) is 11.9. The molecule has 2 nitrogen and oxygen atoms in total. The molecular weight excluding hydrogens is 393 g/mol. The molecule has 2 rings (SSSR count). The zero-order chi connectivity index (χ0) is 11.4. The molecule has 4 heteroatoms. The van der Waals surface area contributed by atoms with E-state index < -0.39 is 0 Å². The molecular formula is C13H11BrINO. The molecule has 0 atom stereocenters. The molecule has 1 aromatic carbocycles. The van der Waals surface area contributed by atoms with E-state index in [1.54, 1.807) is 0 Å². The standard InChI is InChI=1S/C13H11BrNO.HI/c14-12-6-8-15(9-7-12)10-13(16)11-4-2-1-3-5-11;/h1-9H,10H2;1H/q+1;/p-1. The zero-order valence-electron chi connectivity index (χ0n) is 9.01. The second-order valence-electron chi connectivity index (χ2n) is 3.48. The maximum atomic E-state index is 11.9. The van der Waals surface area contributed by atoms with Crippen LogP contribution < -0.4 is 28.5 Å². The summed E-state index contributed by atoms with van der Waals surface area (Å²) in [5.74, 6) is 0.118. The van der Waals surface area contributed by atoms with Gasteiger partial charge in [-0.2, -0.15) is 4.57 Å². The molecule has 0 radical (unpaired) electrons. The SMILES string of the molecule is O=C(C[n+]1ccc(Br)cc1)c1ccccc1.[I-]. The van der Waals surface area contributed by atoms with Crippen LogP contribution in [-0.2, 0) is 6.54 Å². The number of hydrogen-bond donors (Lipinski definition) is 0. The number of carbonyl (C=O) groups is 1. The number of Topliss-reactive ketones (excluding diaryl/α,β-unsaturated/α-hetero) is 1. The molecule has 1 heterocycles. The van der Waals surface area contributed by atoms with E-state index in [-0.39, 0.29) is 29.8 Å². The minimum atomic E-state index is 0. The summed E-state index contributed by atoms with van der Waals surface area (Å²) >= 11 is 3.36. The molecule has 0 saturated carbocycles. The van der Waals surface area contributed by atoms with E-state index in [0.717, 1.165) is 10.0 Å². The summed E-state index contributed by atoms with van der Waals surface area (Å²) in [6, 6.07) is 13.2. The normalized spacial score (nSPS) is 9.47. The van der Waals surface area contributed by atoms with Gasteiger partial charge in [0.1, 0.15) is 0 Å². The van der Waals surface area contributed by atoms with Gasteiger partial charge < -0.3 is 24.0 Å². The fraction of sp³-hybridized carbons (Fsp3) is 0.0769. The van der Waals surface area contributed by atoms with Crippen molar-refractivity contribution in [2.45, 2.75) is 6.54 Å². The molecule has 0 N–H and O–H groups in total. The maximum absolute atomic E-state index is 11.9. The predicted octanol–water partition coefficient (Wildman–Crippen LogP) is -0.377. The summed E-state index contributed by atoms with van der Waals surface area (Å²) in [5, 5.41) is 0. The number of carbonyl (C=O) groups excluding carboxylic acids is 1. The molecule has 0 aliphatic rings. The fourth-order valence-corrected chi connectivity index (χ4v) is 1.66. The number of nitrogens with zero attached hydrogens (tertiary/aromatic N) is 1. The summed E-state index contributed by atoms with van der Waals surface area (Å²) < 4.78 is 2.87. The summed E-state index contributed by atoms with van der Waals surface area (Å²) in [6.07, 6.45) is 3.76. The molecule has 2 aromatic rings. The molecule has 0 amide bonds. The van der Waals surface area contributed by atoms with Gasteiger partial charge in [-0.15, -0.1) is 0 Å². The van der Waals surface area contributed by atoms with Crippen LogP contribution in [0, 0.1) is 0 Å². The van der Waals surface area contributed by atoms with E-state index >= 15 is 0 Å². The Morgan fingerprint density at radius 3 is 2.24 bits per heavy atom. The molecule has 0 saturated heterocycles. The average Bonchev–Trinajstić information content (AvgIpc) is 2.33. The molecule has 0 spiro atoms. The average molecular weight is 404 g/mol. The number of rotatable bonds is 3. The van der Waals surface area contributed by atoms with Gasteiger partial charge in [-0.3, -0.25) is 4.79 Å². The van der Waals surface area contributed by atoms with Crippen molar-refractivity contribution in [3.05, 3.63) is 64.9 Å². The van der Waals surface area contributed by atoms with Gasteiger partial charge in [-0.25, -0.2) is 0 Å². The Kier molecular flexibility index (Phi) is 5.77. The number of aromatic nitrogens is 1. The summed E-state index contributed by atoms with van der Waals surface area (Å²) in [5.41, 5.74) is 0.748. The molecule has 0 bridgehead atoms. The van der Waals surface area contributed by atoms with Crippen molar-refractivity contribution >= 4 is 21.7 Å². The van der Waals surface area contributed by atoms with Crippen molar-refractivity contribution in [2.24, 2.45) is 0 Å². The number of halogens is 2. The number of ketones is 1. The van der Waals surface area contributed by atoms with Gasteiger partial charge in [0, 0.05) is 22.2 Å². The Hall–Kier alpha value is -0.750. The highest BCUT2D eigenvalue weighted by Gasteiger charge is 2.10. The third-order valence-corrected chi connectivity index (χ3v) is 2.80. The van der Waals surface area contributed by atoms with Crippen LogP contribution in [0.5, 0.6) is 0 Å². The predicted molar refractivity (Wildman–Crippen MR) is 65.1 cm³/mol. The Labute approximate surface area is 126 Å². The van der Waals surface area contributed by atoms with Crippen molar-refractivity contribution in [1.29, 1.82) is 0 Å². The number of hydrogen-bond acceptors (Lipinski definition) is 1. The maximum Gasteiger partial charge on any atom is 0.227 e. The largest absolute Gasteiger partial charge is 1.00 e. The lowest BCUT2D eigenvalue weighted by Gasteiger charge is -1.97. The summed E-state index contributed by atoms with van der Waals surface area (Å²) in [6.45, 7) is 0.372. The smallest absolute Gasteiger partial charge is 0.227 e. The van der Waals surface area contributed by atoms with E-state index in [0.29, 0.717) is 6.54 Å². The first-order valence-electron chi connectivity index (χ1n) is 4.98. The highest BCUT2D eigenvalue weighted by atomic mass is 127. The van der Waals surface area contributed by atoms with Crippen molar-refractivity contribution < 1.29 is 33.3 Å². The van der Waals surface area contributed by atoms with Crippen molar-refractivity contribution in [3.63, 3.8) is 0 Å². The Morgan fingerprint density at radius 1 is 1.06 bits per heavy atom. The molecule has 0 fully saturated rings. The Bertz CT molecular complexity index is 485.